The summed E-state index contributed by atoms with van der Waals surface area (Å²) in [7, 11) is 0. The van der Waals surface area contributed by atoms with Gasteiger partial charge in [0.25, 0.3) is 0 Å². The average molecular weight is 192 g/mol. The van der Waals surface area contributed by atoms with Crippen LogP contribution in [0.15, 0.2) is 6.07 Å². The first-order valence-electron chi connectivity index (χ1n) is 5.60. The van der Waals surface area contributed by atoms with Crippen LogP contribution in [0.5, 0.6) is 0 Å². The molecule has 2 rings (SSSR count). The van der Waals surface area contributed by atoms with Crippen molar-refractivity contribution in [2.24, 2.45) is 0 Å². The standard InChI is InChI=1S/C12H20N2/c1-5-14-10(9-6-7-9)8-11(13-14)12(2,3)4/h8-9H,5-7H2,1-4H3. The molecule has 0 spiro atoms. The highest BCUT2D eigenvalue weighted by Gasteiger charge is 2.29. The molecular weight excluding hydrogens is 172 g/mol. The molecule has 1 fully saturated rings. The minimum atomic E-state index is 0.185. The highest BCUT2D eigenvalue weighted by Crippen LogP contribution is 2.41. The van der Waals surface area contributed by atoms with Gasteiger partial charge in [-0.05, 0) is 25.8 Å². The number of aryl methyl sites for hydroxylation is 1. The van der Waals surface area contributed by atoms with E-state index < -0.39 is 0 Å². The van der Waals surface area contributed by atoms with Crippen molar-refractivity contribution in [3.8, 4) is 0 Å². The Hall–Kier alpha value is -0.790. The first-order valence-corrected chi connectivity index (χ1v) is 5.60. The minimum Gasteiger partial charge on any atom is -0.269 e. The summed E-state index contributed by atoms with van der Waals surface area (Å²) in [6, 6.07) is 2.31. The van der Waals surface area contributed by atoms with E-state index in [0.29, 0.717) is 0 Å². The zero-order valence-electron chi connectivity index (χ0n) is 9.67. The molecule has 0 N–H and O–H groups in total. The minimum absolute atomic E-state index is 0.185. The van der Waals surface area contributed by atoms with E-state index in [0.717, 1.165) is 12.5 Å². The Labute approximate surface area is 86.3 Å². The lowest BCUT2D eigenvalue weighted by atomic mass is 9.92. The second-order valence-electron chi connectivity index (χ2n) is 5.29. The van der Waals surface area contributed by atoms with Gasteiger partial charge in [-0.25, -0.2) is 0 Å². The van der Waals surface area contributed by atoms with E-state index in [1.807, 2.05) is 0 Å². The number of rotatable bonds is 2. The largest absolute Gasteiger partial charge is 0.269 e. The molecule has 0 aliphatic heterocycles. The van der Waals surface area contributed by atoms with Gasteiger partial charge in [0.05, 0.1) is 5.69 Å². The topological polar surface area (TPSA) is 17.8 Å². The predicted molar refractivity (Wildman–Crippen MR) is 58.6 cm³/mol. The summed E-state index contributed by atoms with van der Waals surface area (Å²) in [4.78, 5) is 0. The van der Waals surface area contributed by atoms with E-state index in [1.165, 1.54) is 24.2 Å². The molecule has 0 saturated heterocycles. The Kier molecular flexibility index (Phi) is 2.17. The normalized spacial score (nSPS) is 17.4. The molecule has 2 nitrogen and oxygen atoms in total. The third-order valence-electron chi connectivity index (χ3n) is 2.87. The Morgan fingerprint density at radius 3 is 2.50 bits per heavy atom. The third-order valence-corrected chi connectivity index (χ3v) is 2.87. The second kappa shape index (κ2) is 3.11. The molecule has 1 heterocycles. The molecule has 0 aromatic carbocycles. The Morgan fingerprint density at radius 2 is 2.07 bits per heavy atom. The van der Waals surface area contributed by atoms with Crippen molar-refractivity contribution in [1.82, 2.24) is 9.78 Å². The molecule has 78 valence electrons. The van der Waals surface area contributed by atoms with E-state index in [9.17, 15) is 0 Å². The number of hydrogen-bond donors (Lipinski definition) is 0. The molecule has 0 bridgehead atoms. The Morgan fingerprint density at radius 1 is 1.43 bits per heavy atom. The molecule has 0 atom stereocenters. The number of aromatic nitrogens is 2. The molecule has 1 aliphatic carbocycles. The fourth-order valence-corrected chi connectivity index (χ4v) is 1.76. The van der Waals surface area contributed by atoms with Crippen molar-refractivity contribution in [3.63, 3.8) is 0 Å². The molecule has 1 saturated carbocycles. The molecule has 1 aromatic heterocycles. The van der Waals surface area contributed by atoms with Crippen LogP contribution < -0.4 is 0 Å². The lowest BCUT2D eigenvalue weighted by Gasteiger charge is -2.14. The number of hydrogen-bond acceptors (Lipinski definition) is 1. The first kappa shape index (κ1) is 9.75. The van der Waals surface area contributed by atoms with Gasteiger partial charge in [0, 0.05) is 23.6 Å². The van der Waals surface area contributed by atoms with E-state index >= 15 is 0 Å². The van der Waals surface area contributed by atoms with Gasteiger partial charge >= 0.3 is 0 Å². The quantitative estimate of drug-likeness (QED) is 0.704. The Bertz CT molecular complexity index is 327. The predicted octanol–water partition coefficient (Wildman–Crippen LogP) is 3.08. The van der Waals surface area contributed by atoms with Gasteiger partial charge in [-0.3, -0.25) is 4.68 Å². The first-order chi connectivity index (χ1) is 6.52. The summed E-state index contributed by atoms with van der Waals surface area (Å²) in [6.07, 6.45) is 2.71. The van der Waals surface area contributed by atoms with Crippen LogP contribution in [0.4, 0.5) is 0 Å². The summed E-state index contributed by atoms with van der Waals surface area (Å²) in [5.74, 6) is 0.804. The van der Waals surface area contributed by atoms with E-state index in [2.05, 4.69) is 43.5 Å². The molecule has 1 aromatic rings. The molecule has 14 heavy (non-hydrogen) atoms. The average Bonchev–Trinajstić information content (AvgIpc) is 2.82. The summed E-state index contributed by atoms with van der Waals surface area (Å²) >= 11 is 0. The molecular formula is C12H20N2. The summed E-state index contributed by atoms with van der Waals surface area (Å²) < 4.78 is 2.18. The molecule has 0 radical (unpaired) electrons. The fourth-order valence-electron chi connectivity index (χ4n) is 1.76. The summed E-state index contributed by atoms with van der Waals surface area (Å²) in [6.45, 7) is 9.86. The molecule has 0 amide bonds. The fraction of sp³-hybridized carbons (Fsp3) is 0.750. The van der Waals surface area contributed by atoms with Crippen LogP contribution in [-0.2, 0) is 12.0 Å². The number of nitrogens with zero attached hydrogens (tertiary/aromatic N) is 2. The monoisotopic (exact) mass is 192 g/mol. The highest BCUT2D eigenvalue weighted by atomic mass is 15.3. The van der Waals surface area contributed by atoms with Gasteiger partial charge in [0.1, 0.15) is 0 Å². The Balaban J connectivity index is 2.35. The van der Waals surface area contributed by atoms with Gasteiger partial charge in [-0.1, -0.05) is 20.8 Å². The van der Waals surface area contributed by atoms with Crippen molar-refractivity contribution in [3.05, 3.63) is 17.5 Å². The van der Waals surface area contributed by atoms with Gasteiger partial charge in [-0.2, -0.15) is 5.10 Å². The SMILES string of the molecule is CCn1nc(C(C)(C)C)cc1C1CC1. The second-order valence-corrected chi connectivity index (χ2v) is 5.29. The maximum absolute atomic E-state index is 4.68. The van der Waals surface area contributed by atoms with Crippen molar-refractivity contribution in [1.29, 1.82) is 0 Å². The van der Waals surface area contributed by atoms with Crippen LogP contribution in [0.1, 0.15) is 57.8 Å². The van der Waals surface area contributed by atoms with Gasteiger partial charge < -0.3 is 0 Å². The maximum atomic E-state index is 4.68. The highest BCUT2D eigenvalue weighted by molar-refractivity contribution is 5.23. The summed E-state index contributed by atoms with van der Waals surface area (Å²) in [5, 5.41) is 4.68. The van der Waals surface area contributed by atoms with Crippen molar-refractivity contribution in [2.75, 3.05) is 0 Å². The van der Waals surface area contributed by atoms with Crippen LogP contribution in [0.2, 0.25) is 0 Å². The third kappa shape index (κ3) is 1.70. The molecule has 0 unspecified atom stereocenters. The zero-order valence-corrected chi connectivity index (χ0v) is 9.67. The van der Waals surface area contributed by atoms with E-state index in [-0.39, 0.29) is 5.41 Å². The lowest BCUT2D eigenvalue weighted by Crippen LogP contribution is -2.12. The molecule has 2 heteroatoms. The van der Waals surface area contributed by atoms with Gasteiger partial charge in [-0.15, -0.1) is 0 Å². The van der Waals surface area contributed by atoms with Crippen LogP contribution >= 0.6 is 0 Å². The summed E-state index contributed by atoms with van der Waals surface area (Å²) in [5.41, 5.74) is 2.88. The van der Waals surface area contributed by atoms with Crippen LogP contribution in [0, 0.1) is 0 Å². The van der Waals surface area contributed by atoms with E-state index in [4.69, 9.17) is 0 Å². The van der Waals surface area contributed by atoms with Crippen molar-refractivity contribution in [2.45, 2.75) is 58.4 Å². The van der Waals surface area contributed by atoms with Gasteiger partial charge in [0.15, 0.2) is 0 Å². The van der Waals surface area contributed by atoms with Crippen molar-refractivity contribution < 1.29 is 0 Å². The van der Waals surface area contributed by atoms with Crippen LogP contribution in [0.25, 0.3) is 0 Å². The van der Waals surface area contributed by atoms with Crippen LogP contribution in [-0.4, -0.2) is 9.78 Å². The van der Waals surface area contributed by atoms with Crippen molar-refractivity contribution >= 4 is 0 Å². The van der Waals surface area contributed by atoms with E-state index in [1.54, 1.807) is 0 Å². The van der Waals surface area contributed by atoms with Gasteiger partial charge in [0.2, 0.25) is 0 Å². The smallest absolute Gasteiger partial charge is 0.0680 e. The van der Waals surface area contributed by atoms with Crippen LogP contribution in [0.3, 0.4) is 0 Å². The maximum Gasteiger partial charge on any atom is 0.0680 e. The lowest BCUT2D eigenvalue weighted by molar-refractivity contribution is 0.536. The zero-order chi connectivity index (χ0) is 10.3. The molecule has 1 aliphatic rings.